The van der Waals surface area contributed by atoms with Crippen LogP contribution in [-0.2, 0) is 0 Å². The number of aromatic hydroxyl groups is 1. The summed E-state index contributed by atoms with van der Waals surface area (Å²) < 4.78 is 15.3. The number of aryl methyl sites for hydroxylation is 1. The van der Waals surface area contributed by atoms with Crippen molar-refractivity contribution in [1.29, 1.82) is 5.26 Å². The highest BCUT2D eigenvalue weighted by atomic mass is 19.1. The molecule has 4 rings (SSSR count). The molecule has 126 valence electrons. The van der Waals surface area contributed by atoms with Gasteiger partial charge >= 0.3 is 0 Å². The highest BCUT2D eigenvalue weighted by Crippen LogP contribution is 2.40. The normalized spacial score (nSPS) is 10.8. The van der Waals surface area contributed by atoms with Crippen LogP contribution in [0, 0.1) is 24.1 Å². The summed E-state index contributed by atoms with van der Waals surface area (Å²) in [6.07, 6.45) is 1.35. The minimum atomic E-state index is -0.352. The standard InChI is InChI=1S/C21H14FN3O/c1-13-20-19(18(26)12-24-13)17(11-23)21(14-7-9-15(22)10-8-14)25(20)16-5-3-2-4-6-16/h2-10,12,26H,1H3. The summed E-state index contributed by atoms with van der Waals surface area (Å²) in [6, 6.07) is 17.7. The first kappa shape index (κ1) is 15.9. The van der Waals surface area contributed by atoms with E-state index in [1.807, 2.05) is 41.8 Å². The first-order valence-corrected chi connectivity index (χ1v) is 8.06. The predicted octanol–water partition coefficient (Wildman–Crippen LogP) is 4.72. The predicted molar refractivity (Wildman–Crippen MR) is 97.6 cm³/mol. The van der Waals surface area contributed by atoms with Gasteiger partial charge in [-0.05, 0) is 43.3 Å². The highest BCUT2D eigenvalue weighted by molar-refractivity contribution is 6.00. The van der Waals surface area contributed by atoms with E-state index in [1.54, 1.807) is 12.1 Å². The maximum absolute atomic E-state index is 13.4. The fourth-order valence-electron chi connectivity index (χ4n) is 3.27. The minimum absolute atomic E-state index is 0.0554. The van der Waals surface area contributed by atoms with Crippen molar-refractivity contribution in [2.24, 2.45) is 0 Å². The Morgan fingerprint density at radius 1 is 1.08 bits per heavy atom. The lowest BCUT2D eigenvalue weighted by Crippen LogP contribution is -1.99. The van der Waals surface area contributed by atoms with Gasteiger partial charge in [0.25, 0.3) is 0 Å². The second kappa shape index (κ2) is 6.01. The zero-order chi connectivity index (χ0) is 18.3. The van der Waals surface area contributed by atoms with E-state index in [2.05, 4.69) is 11.1 Å². The summed E-state index contributed by atoms with van der Waals surface area (Å²) in [5, 5.41) is 20.7. The summed E-state index contributed by atoms with van der Waals surface area (Å²) in [7, 11) is 0. The van der Waals surface area contributed by atoms with Gasteiger partial charge in [0.2, 0.25) is 0 Å². The van der Waals surface area contributed by atoms with Gasteiger partial charge in [-0.1, -0.05) is 18.2 Å². The van der Waals surface area contributed by atoms with Crippen LogP contribution < -0.4 is 0 Å². The van der Waals surface area contributed by atoms with Gasteiger partial charge < -0.3 is 9.67 Å². The quantitative estimate of drug-likeness (QED) is 0.573. The summed E-state index contributed by atoms with van der Waals surface area (Å²) in [6.45, 7) is 1.83. The Kier molecular flexibility index (Phi) is 3.67. The molecule has 0 unspecified atom stereocenters. The van der Waals surface area contributed by atoms with Gasteiger partial charge in [-0.2, -0.15) is 5.26 Å². The number of benzene rings is 2. The van der Waals surface area contributed by atoms with Crippen molar-refractivity contribution in [2.45, 2.75) is 6.92 Å². The Bertz CT molecular complexity index is 1160. The van der Waals surface area contributed by atoms with E-state index in [-0.39, 0.29) is 11.6 Å². The van der Waals surface area contributed by atoms with Crippen molar-refractivity contribution in [3.63, 3.8) is 0 Å². The molecule has 0 bridgehead atoms. The number of hydrogen-bond acceptors (Lipinski definition) is 3. The molecule has 0 fully saturated rings. The zero-order valence-corrected chi connectivity index (χ0v) is 13.9. The number of para-hydroxylation sites is 1. The van der Waals surface area contributed by atoms with E-state index in [1.165, 1.54) is 18.3 Å². The smallest absolute Gasteiger partial charge is 0.144 e. The number of rotatable bonds is 2. The van der Waals surface area contributed by atoms with Gasteiger partial charge in [0.1, 0.15) is 17.6 Å². The maximum Gasteiger partial charge on any atom is 0.144 e. The molecule has 0 saturated heterocycles. The number of nitriles is 1. The van der Waals surface area contributed by atoms with E-state index in [0.29, 0.717) is 33.4 Å². The molecule has 26 heavy (non-hydrogen) atoms. The molecule has 0 radical (unpaired) electrons. The van der Waals surface area contributed by atoms with Crippen LogP contribution in [-0.4, -0.2) is 14.7 Å². The Morgan fingerprint density at radius 2 is 1.77 bits per heavy atom. The minimum Gasteiger partial charge on any atom is -0.506 e. The first-order chi connectivity index (χ1) is 12.6. The average Bonchev–Trinajstić information content (AvgIpc) is 3.02. The van der Waals surface area contributed by atoms with Gasteiger partial charge in [0.05, 0.1) is 34.1 Å². The Morgan fingerprint density at radius 3 is 2.42 bits per heavy atom. The Labute approximate surface area is 149 Å². The molecule has 0 amide bonds. The van der Waals surface area contributed by atoms with Gasteiger partial charge in [0.15, 0.2) is 0 Å². The molecule has 2 heterocycles. The summed E-state index contributed by atoms with van der Waals surface area (Å²) in [5.74, 6) is -0.407. The van der Waals surface area contributed by atoms with E-state index in [0.717, 1.165) is 5.69 Å². The molecule has 4 nitrogen and oxygen atoms in total. The average molecular weight is 343 g/mol. The summed E-state index contributed by atoms with van der Waals surface area (Å²) in [4.78, 5) is 4.25. The van der Waals surface area contributed by atoms with Crippen LogP contribution in [0.4, 0.5) is 4.39 Å². The fraction of sp³-hybridized carbons (Fsp3) is 0.0476. The van der Waals surface area contributed by atoms with E-state index in [9.17, 15) is 14.8 Å². The molecule has 0 atom stereocenters. The lowest BCUT2D eigenvalue weighted by Gasteiger charge is -2.12. The maximum atomic E-state index is 13.4. The Hall–Kier alpha value is -3.65. The molecule has 5 heteroatoms. The second-order valence-corrected chi connectivity index (χ2v) is 5.97. The molecule has 0 aliphatic carbocycles. The number of halogens is 1. The lowest BCUT2D eigenvalue weighted by molar-refractivity contribution is 0.479. The van der Waals surface area contributed by atoms with Crippen LogP contribution in [0.25, 0.3) is 27.8 Å². The molecule has 0 aliphatic rings. The number of aromatic nitrogens is 2. The topological polar surface area (TPSA) is 61.8 Å². The van der Waals surface area contributed by atoms with Crippen molar-refractivity contribution >= 4 is 10.9 Å². The van der Waals surface area contributed by atoms with Gasteiger partial charge in [0, 0.05) is 11.3 Å². The molecule has 1 N–H and O–H groups in total. The molecule has 2 aromatic carbocycles. The van der Waals surface area contributed by atoms with E-state index >= 15 is 0 Å². The summed E-state index contributed by atoms with van der Waals surface area (Å²) in [5.41, 5.74) is 3.78. The second-order valence-electron chi connectivity index (χ2n) is 5.97. The van der Waals surface area contributed by atoms with Crippen molar-refractivity contribution in [1.82, 2.24) is 9.55 Å². The van der Waals surface area contributed by atoms with E-state index < -0.39 is 0 Å². The highest BCUT2D eigenvalue weighted by Gasteiger charge is 2.24. The first-order valence-electron chi connectivity index (χ1n) is 8.06. The number of hydrogen-bond donors (Lipinski definition) is 1. The molecule has 0 saturated carbocycles. The van der Waals surface area contributed by atoms with E-state index in [4.69, 9.17) is 0 Å². The van der Waals surface area contributed by atoms with Crippen LogP contribution in [0.2, 0.25) is 0 Å². The van der Waals surface area contributed by atoms with Gasteiger partial charge in [-0.25, -0.2) is 4.39 Å². The van der Waals surface area contributed by atoms with Crippen LogP contribution >= 0.6 is 0 Å². The number of nitrogens with zero attached hydrogens (tertiary/aromatic N) is 3. The number of fused-ring (bicyclic) bond motifs is 1. The van der Waals surface area contributed by atoms with Crippen LogP contribution in [0.15, 0.2) is 60.8 Å². The molecule has 2 aromatic heterocycles. The number of pyridine rings is 1. The molecule has 0 aliphatic heterocycles. The molecule has 0 spiro atoms. The SMILES string of the molecule is Cc1ncc(O)c2c(C#N)c(-c3ccc(F)cc3)n(-c3ccccc3)c12. The zero-order valence-electron chi connectivity index (χ0n) is 13.9. The van der Waals surface area contributed by atoms with Crippen molar-refractivity contribution in [2.75, 3.05) is 0 Å². The molecular weight excluding hydrogens is 329 g/mol. The van der Waals surface area contributed by atoms with Crippen molar-refractivity contribution in [3.8, 4) is 28.8 Å². The third kappa shape index (κ3) is 2.32. The monoisotopic (exact) mass is 343 g/mol. The van der Waals surface area contributed by atoms with Crippen LogP contribution in [0.1, 0.15) is 11.3 Å². The van der Waals surface area contributed by atoms with Gasteiger partial charge in [-0.3, -0.25) is 4.98 Å². The lowest BCUT2D eigenvalue weighted by atomic mass is 10.1. The third-order valence-electron chi connectivity index (χ3n) is 4.39. The Balaban J connectivity index is 2.23. The third-order valence-corrected chi connectivity index (χ3v) is 4.39. The largest absolute Gasteiger partial charge is 0.506 e. The molecule has 4 aromatic rings. The molecular formula is C21H14FN3O. The summed E-state index contributed by atoms with van der Waals surface area (Å²) >= 11 is 0. The van der Waals surface area contributed by atoms with Crippen LogP contribution in [0.5, 0.6) is 5.75 Å². The van der Waals surface area contributed by atoms with Crippen molar-refractivity contribution < 1.29 is 9.50 Å². The fourth-order valence-corrected chi connectivity index (χ4v) is 3.27. The van der Waals surface area contributed by atoms with Gasteiger partial charge in [-0.15, -0.1) is 0 Å². The van der Waals surface area contributed by atoms with Crippen molar-refractivity contribution in [3.05, 3.63) is 77.9 Å². The van der Waals surface area contributed by atoms with Crippen LogP contribution in [0.3, 0.4) is 0 Å².